The molecule has 0 amide bonds. The first-order valence-corrected chi connectivity index (χ1v) is 8.15. The highest BCUT2D eigenvalue weighted by molar-refractivity contribution is 6.30. The molecule has 3 aliphatic rings. The molecule has 1 aliphatic heterocycles. The number of rotatable bonds is 3. The molecule has 0 spiro atoms. The van der Waals surface area contributed by atoms with Crippen molar-refractivity contribution in [1.29, 1.82) is 0 Å². The second kappa shape index (κ2) is 6.59. The average molecular weight is 324 g/mol. The fourth-order valence-electron chi connectivity index (χ4n) is 3.48. The fourth-order valence-corrected chi connectivity index (χ4v) is 3.76. The van der Waals surface area contributed by atoms with Crippen LogP contribution in [0.25, 0.3) is 0 Å². The molecule has 5 heteroatoms. The minimum Gasteiger partial charge on any atom is -0.510 e. The van der Waals surface area contributed by atoms with Crippen molar-refractivity contribution in [2.45, 2.75) is 44.2 Å². The summed E-state index contributed by atoms with van der Waals surface area (Å²) in [5, 5.41) is 32.8. The molecule has 4 nitrogen and oxygen atoms in total. The zero-order valence-electron chi connectivity index (χ0n) is 12.5. The number of aliphatic hydroxyl groups excluding tert-OH is 3. The summed E-state index contributed by atoms with van der Waals surface area (Å²) in [7, 11) is 0. The molecule has 0 saturated carbocycles. The van der Waals surface area contributed by atoms with Gasteiger partial charge in [0.05, 0.1) is 6.61 Å². The van der Waals surface area contributed by atoms with Crippen LogP contribution in [0.1, 0.15) is 32.1 Å². The highest BCUT2D eigenvalue weighted by Gasteiger charge is 2.28. The lowest BCUT2D eigenvalue weighted by molar-refractivity contribution is 0.152. The summed E-state index contributed by atoms with van der Waals surface area (Å²) < 4.78 is 0. The lowest BCUT2D eigenvalue weighted by Crippen LogP contribution is -2.38. The highest BCUT2D eigenvalue weighted by atomic mass is 35.5. The predicted molar refractivity (Wildman–Crippen MR) is 86.7 cm³/mol. The van der Waals surface area contributed by atoms with Crippen LogP contribution >= 0.6 is 11.6 Å². The molecule has 1 heterocycles. The van der Waals surface area contributed by atoms with Gasteiger partial charge in [0.1, 0.15) is 11.9 Å². The van der Waals surface area contributed by atoms with Crippen LogP contribution in [0.4, 0.5) is 0 Å². The number of aliphatic hydroxyl groups is 3. The molecular weight excluding hydrogens is 302 g/mol. The lowest BCUT2D eigenvalue weighted by Gasteiger charge is -2.33. The van der Waals surface area contributed by atoms with Crippen molar-refractivity contribution in [2.75, 3.05) is 13.2 Å². The molecule has 0 aromatic carbocycles. The van der Waals surface area contributed by atoms with Gasteiger partial charge in [-0.25, -0.2) is 0 Å². The molecule has 0 fully saturated rings. The molecule has 3 rings (SSSR count). The summed E-state index contributed by atoms with van der Waals surface area (Å²) in [4.78, 5) is 0. The topological polar surface area (TPSA) is 72.7 Å². The van der Waals surface area contributed by atoms with Crippen LogP contribution in [0.3, 0.4) is 0 Å². The summed E-state index contributed by atoms with van der Waals surface area (Å²) in [5.74, 6) is -0.00415. The third-order valence-corrected chi connectivity index (χ3v) is 5.15. The molecule has 0 aromatic rings. The summed E-state index contributed by atoms with van der Waals surface area (Å²) >= 11 is 6.26. The maximum Gasteiger partial charge on any atom is 0.121 e. The van der Waals surface area contributed by atoms with Crippen molar-refractivity contribution in [1.82, 2.24) is 5.32 Å². The van der Waals surface area contributed by atoms with E-state index in [1.165, 1.54) is 11.1 Å². The van der Waals surface area contributed by atoms with Gasteiger partial charge in [0.2, 0.25) is 0 Å². The Bertz CT molecular complexity index is 589. The zero-order valence-corrected chi connectivity index (χ0v) is 13.2. The van der Waals surface area contributed by atoms with Crippen LogP contribution < -0.4 is 5.32 Å². The molecule has 0 bridgehead atoms. The standard InChI is InChI=1S/C17H22ClNO3/c18-14-8-17(22)16(21)7-12(14)6-15-13-2-1-10(9-20)5-11(13)3-4-19-15/h1,7,15,17,19-22H,2-6,8-9H2. The van der Waals surface area contributed by atoms with E-state index in [1.807, 2.05) is 0 Å². The Kier molecular flexibility index (Phi) is 4.73. The number of nitrogens with one attached hydrogen (secondary N) is 1. The van der Waals surface area contributed by atoms with Gasteiger partial charge in [-0.1, -0.05) is 23.3 Å². The van der Waals surface area contributed by atoms with Crippen LogP contribution in [0.2, 0.25) is 0 Å². The molecular formula is C17H22ClNO3. The Morgan fingerprint density at radius 1 is 1.36 bits per heavy atom. The van der Waals surface area contributed by atoms with Gasteiger partial charge in [0.15, 0.2) is 0 Å². The smallest absolute Gasteiger partial charge is 0.121 e. The third kappa shape index (κ3) is 3.15. The van der Waals surface area contributed by atoms with Crippen LogP contribution in [-0.4, -0.2) is 40.6 Å². The van der Waals surface area contributed by atoms with Crippen molar-refractivity contribution in [3.8, 4) is 0 Å². The quantitative estimate of drug-likeness (QED) is 0.602. The van der Waals surface area contributed by atoms with E-state index in [-0.39, 0.29) is 24.8 Å². The molecule has 2 unspecified atom stereocenters. The van der Waals surface area contributed by atoms with Gasteiger partial charge >= 0.3 is 0 Å². The second-order valence-corrected chi connectivity index (χ2v) is 6.67. The summed E-state index contributed by atoms with van der Waals surface area (Å²) in [6.07, 6.45) is 6.61. The van der Waals surface area contributed by atoms with E-state index in [0.717, 1.165) is 43.4 Å². The highest BCUT2D eigenvalue weighted by Crippen LogP contribution is 2.35. The normalized spacial score (nSPS) is 29.2. The van der Waals surface area contributed by atoms with E-state index in [0.29, 0.717) is 5.03 Å². The monoisotopic (exact) mass is 323 g/mol. The molecule has 2 aliphatic carbocycles. The Morgan fingerprint density at radius 2 is 2.18 bits per heavy atom. The number of hydrogen-bond acceptors (Lipinski definition) is 4. The maximum atomic E-state index is 9.74. The first-order valence-electron chi connectivity index (χ1n) is 7.77. The van der Waals surface area contributed by atoms with Crippen LogP contribution in [0, 0.1) is 0 Å². The summed E-state index contributed by atoms with van der Waals surface area (Å²) in [6, 6.07) is 0.211. The van der Waals surface area contributed by atoms with Crippen LogP contribution in [0.5, 0.6) is 0 Å². The van der Waals surface area contributed by atoms with Crippen molar-refractivity contribution in [3.05, 3.63) is 45.2 Å². The van der Waals surface area contributed by atoms with E-state index < -0.39 is 6.10 Å². The van der Waals surface area contributed by atoms with E-state index in [4.69, 9.17) is 11.6 Å². The maximum absolute atomic E-state index is 9.74. The SMILES string of the molecule is OCC1=CCC2=C(CCNC2CC2=C(Cl)CC(O)C(O)=C2)C1. The van der Waals surface area contributed by atoms with E-state index in [9.17, 15) is 15.3 Å². The van der Waals surface area contributed by atoms with Crippen molar-refractivity contribution >= 4 is 11.6 Å². The Hall–Kier alpha value is -1.07. The first-order chi connectivity index (χ1) is 10.6. The van der Waals surface area contributed by atoms with Gasteiger partial charge in [-0.15, -0.1) is 0 Å². The van der Waals surface area contributed by atoms with Gasteiger partial charge in [-0.05, 0) is 55.0 Å². The van der Waals surface area contributed by atoms with Gasteiger partial charge in [-0.3, -0.25) is 0 Å². The molecule has 0 aromatic heterocycles. The summed E-state index contributed by atoms with van der Waals surface area (Å²) in [5.41, 5.74) is 4.82. The Morgan fingerprint density at radius 3 is 2.95 bits per heavy atom. The van der Waals surface area contributed by atoms with Gasteiger partial charge in [0.25, 0.3) is 0 Å². The molecule has 120 valence electrons. The van der Waals surface area contributed by atoms with Gasteiger partial charge in [0, 0.05) is 17.5 Å². The van der Waals surface area contributed by atoms with Gasteiger partial charge in [-0.2, -0.15) is 0 Å². The average Bonchev–Trinajstić information content (AvgIpc) is 2.52. The van der Waals surface area contributed by atoms with Gasteiger partial charge < -0.3 is 20.6 Å². The first kappa shape index (κ1) is 15.8. The van der Waals surface area contributed by atoms with Crippen LogP contribution in [-0.2, 0) is 0 Å². The fraction of sp³-hybridized carbons (Fsp3) is 0.529. The van der Waals surface area contributed by atoms with Crippen molar-refractivity contribution < 1.29 is 15.3 Å². The zero-order chi connectivity index (χ0) is 15.7. The molecule has 0 saturated heterocycles. The van der Waals surface area contributed by atoms with Crippen LogP contribution in [0.15, 0.2) is 45.2 Å². The minimum atomic E-state index is -0.880. The largest absolute Gasteiger partial charge is 0.510 e. The van der Waals surface area contributed by atoms with E-state index in [1.54, 1.807) is 6.08 Å². The lowest BCUT2D eigenvalue weighted by atomic mass is 9.81. The molecule has 2 atom stereocenters. The second-order valence-electron chi connectivity index (χ2n) is 6.21. The third-order valence-electron chi connectivity index (χ3n) is 4.76. The number of allylic oxidation sites excluding steroid dienone is 2. The predicted octanol–water partition coefficient (Wildman–Crippen LogP) is 2.45. The summed E-state index contributed by atoms with van der Waals surface area (Å²) in [6.45, 7) is 1.06. The number of hydrogen-bond donors (Lipinski definition) is 4. The van der Waals surface area contributed by atoms with E-state index in [2.05, 4.69) is 11.4 Å². The molecule has 4 N–H and O–H groups in total. The Labute approximate surface area is 135 Å². The molecule has 22 heavy (non-hydrogen) atoms. The Balaban J connectivity index is 1.77. The van der Waals surface area contributed by atoms with Crippen molar-refractivity contribution in [2.24, 2.45) is 0 Å². The van der Waals surface area contributed by atoms with E-state index >= 15 is 0 Å². The van der Waals surface area contributed by atoms with Crippen molar-refractivity contribution in [3.63, 3.8) is 0 Å². The number of halogens is 1. The minimum absolute atomic E-state index is 0.00415. The molecule has 0 radical (unpaired) electrons.